The van der Waals surface area contributed by atoms with Crippen molar-refractivity contribution in [3.8, 4) is 16.9 Å². The van der Waals surface area contributed by atoms with Gasteiger partial charge in [-0.15, -0.1) is 0 Å². The summed E-state index contributed by atoms with van der Waals surface area (Å²) in [5.41, 5.74) is 2.12. The van der Waals surface area contributed by atoms with Crippen molar-refractivity contribution < 1.29 is 9.15 Å². The lowest BCUT2D eigenvalue weighted by atomic mass is 10.1. The van der Waals surface area contributed by atoms with E-state index in [0.717, 1.165) is 21.5 Å². The lowest BCUT2D eigenvalue weighted by molar-refractivity contribution is 0.415. The van der Waals surface area contributed by atoms with Crippen molar-refractivity contribution in [3.05, 3.63) is 41.3 Å². The van der Waals surface area contributed by atoms with Gasteiger partial charge < -0.3 is 9.15 Å². The van der Waals surface area contributed by atoms with Crippen LogP contribution in [0.15, 0.2) is 45.7 Å². The third-order valence-electron chi connectivity index (χ3n) is 1.97. The summed E-state index contributed by atoms with van der Waals surface area (Å²) in [6, 6.07) is 9.78. The summed E-state index contributed by atoms with van der Waals surface area (Å²) in [5, 5.41) is 0. The van der Waals surface area contributed by atoms with Crippen molar-refractivity contribution in [1.82, 2.24) is 0 Å². The van der Waals surface area contributed by atoms with Gasteiger partial charge in [0.25, 0.3) is 0 Å². The van der Waals surface area contributed by atoms with E-state index in [0.29, 0.717) is 0 Å². The van der Waals surface area contributed by atoms with Crippen LogP contribution < -0.4 is 4.74 Å². The van der Waals surface area contributed by atoms with E-state index in [9.17, 15) is 0 Å². The van der Waals surface area contributed by atoms with Crippen LogP contribution in [0.5, 0.6) is 5.75 Å². The van der Waals surface area contributed by atoms with Gasteiger partial charge in [-0.05, 0) is 39.7 Å². The minimum atomic E-state index is 0.732. The Morgan fingerprint density at radius 3 is 2.71 bits per heavy atom. The number of rotatable bonds is 2. The summed E-state index contributed by atoms with van der Waals surface area (Å²) >= 11 is 3.27. The van der Waals surface area contributed by atoms with Gasteiger partial charge in [0, 0.05) is 5.56 Å². The van der Waals surface area contributed by atoms with Crippen molar-refractivity contribution in [2.45, 2.75) is 0 Å². The highest BCUT2D eigenvalue weighted by atomic mass is 79.9. The van der Waals surface area contributed by atoms with Crippen LogP contribution in [0.1, 0.15) is 0 Å². The molecule has 1 aromatic heterocycles. The zero-order chi connectivity index (χ0) is 9.97. The van der Waals surface area contributed by atoms with Crippen molar-refractivity contribution in [2.75, 3.05) is 7.11 Å². The molecule has 0 unspecified atom stereocenters. The molecule has 2 aromatic rings. The lowest BCUT2D eigenvalue weighted by Crippen LogP contribution is -1.82. The number of hydrogen-bond donors (Lipinski definition) is 0. The summed E-state index contributed by atoms with van der Waals surface area (Å²) < 4.78 is 11.0. The van der Waals surface area contributed by atoms with Crippen LogP contribution in [0.2, 0.25) is 0 Å². The molecular formula is C11H9BrO2. The van der Waals surface area contributed by atoms with Crippen LogP contribution in [0, 0.1) is 0 Å². The van der Waals surface area contributed by atoms with Gasteiger partial charge in [-0.3, -0.25) is 0 Å². The molecular weight excluding hydrogens is 244 g/mol. The van der Waals surface area contributed by atoms with Crippen LogP contribution >= 0.6 is 15.9 Å². The molecule has 3 heteroatoms. The molecule has 2 nitrogen and oxygen atoms in total. The van der Waals surface area contributed by atoms with E-state index >= 15 is 0 Å². The first-order valence-corrected chi connectivity index (χ1v) is 4.97. The second kappa shape index (κ2) is 3.88. The third kappa shape index (κ3) is 1.82. The van der Waals surface area contributed by atoms with Gasteiger partial charge in [0.15, 0.2) is 4.67 Å². The molecule has 0 fully saturated rings. The Balaban J connectivity index is 2.41. The third-order valence-corrected chi connectivity index (χ3v) is 2.39. The van der Waals surface area contributed by atoms with E-state index < -0.39 is 0 Å². The quantitative estimate of drug-likeness (QED) is 0.813. The largest absolute Gasteiger partial charge is 0.497 e. The van der Waals surface area contributed by atoms with Crippen molar-refractivity contribution in [2.24, 2.45) is 0 Å². The number of furan rings is 1. The summed E-state index contributed by atoms with van der Waals surface area (Å²) in [5.74, 6) is 0.847. The number of benzene rings is 1. The van der Waals surface area contributed by atoms with Crippen LogP contribution in [-0.4, -0.2) is 7.11 Å². The minimum absolute atomic E-state index is 0.732. The van der Waals surface area contributed by atoms with E-state index in [4.69, 9.17) is 9.15 Å². The zero-order valence-electron chi connectivity index (χ0n) is 7.66. The fourth-order valence-electron chi connectivity index (χ4n) is 1.26. The van der Waals surface area contributed by atoms with Gasteiger partial charge in [-0.25, -0.2) is 0 Å². The molecule has 72 valence electrons. The summed E-state index contributed by atoms with van der Waals surface area (Å²) in [4.78, 5) is 0. The molecule has 0 bridgehead atoms. The maximum atomic E-state index is 5.17. The van der Waals surface area contributed by atoms with Gasteiger partial charge in [0.05, 0.1) is 13.4 Å². The highest BCUT2D eigenvalue weighted by molar-refractivity contribution is 9.10. The average molecular weight is 253 g/mol. The highest BCUT2D eigenvalue weighted by Crippen LogP contribution is 2.27. The van der Waals surface area contributed by atoms with Crippen LogP contribution in [-0.2, 0) is 0 Å². The fraction of sp³-hybridized carbons (Fsp3) is 0.0909. The molecule has 2 rings (SSSR count). The monoisotopic (exact) mass is 252 g/mol. The van der Waals surface area contributed by atoms with E-state index in [1.165, 1.54) is 0 Å². The predicted octanol–water partition coefficient (Wildman–Crippen LogP) is 3.72. The standard InChI is InChI=1S/C11H9BrO2/c1-13-10-4-2-3-8(5-10)9-6-11(12)14-7-9/h2-7H,1H3. The van der Waals surface area contributed by atoms with Gasteiger partial charge in [0.1, 0.15) is 5.75 Å². The molecule has 0 radical (unpaired) electrons. The maximum absolute atomic E-state index is 5.17. The van der Waals surface area contributed by atoms with Gasteiger partial charge in [-0.2, -0.15) is 0 Å². The molecule has 0 aliphatic heterocycles. The molecule has 0 spiro atoms. The molecule has 0 aliphatic carbocycles. The maximum Gasteiger partial charge on any atom is 0.169 e. The van der Waals surface area contributed by atoms with E-state index in [1.807, 2.05) is 30.3 Å². The Labute approximate surface area is 90.6 Å². The Bertz CT molecular complexity index is 434. The molecule has 0 aliphatic rings. The molecule has 14 heavy (non-hydrogen) atoms. The molecule has 0 atom stereocenters. The molecule has 0 amide bonds. The van der Waals surface area contributed by atoms with Crippen LogP contribution in [0.4, 0.5) is 0 Å². The minimum Gasteiger partial charge on any atom is -0.497 e. The first-order valence-electron chi connectivity index (χ1n) is 4.18. The highest BCUT2D eigenvalue weighted by Gasteiger charge is 2.02. The van der Waals surface area contributed by atoms with E-state index in [-0.39, 0.29) is 0 Å². The topological polar surface area (TPSA) is 22.4 Å². The summed E-state index contributed by atoms with van der Waals surface area (Å²) in [6.45, 7) is 0. The average Bonchev–Trinajstić information content (AvgIpc) is 2.65. The van der Waals surface area contributed by atoms with Crippen molar-refractivity contribution >= 4 is 15.9 Å². The Hall–Kier alpha value is -1.22. The van der Waals surface area contributed by atoms with E-state index in [1.54, 1.807) is 13.4 Å². The Morgan fingerprint density at radius 2 is 2.07 bits per heavy atom. The Kier molecular flexibility index (Phi) is 2.59. The smallest absolute Gasteiger partial charge is 0.169 e. The first kappa shape index (κ1) is 9.34. The van der Waals surface area contributed by atoms with Gasteiger partial charge >= 0.3 is 0 Å². The molecule has 1 aromatic carbocycles. The molecule has 0 saturated heterocycles. The lowest BCUT2D eigenvalue weighted by Gasteiger charge is -2.01. The summed E-state index contributed by atoms with van der Waals surface area (Å²) in [7, 11) is 1.66. The van der Waals surface area contributed by atoms with Gasteiger partial charge in [0.2, 0.25) is 0 Å². The molecule has 0 saturated carbocycles. The van der Waals surface area contributed by atoms with Crippen molar-refractivity contribution in [1.29, 1.82) is 0 Å². The van der Waals surface area contributed by atoms with Crippen LogP contribution in [0.3, 0.4) is 0 Å². The number of hydrogen-bond acceptors (Lipinski definition) is 2. The van der Waals surface area contributed by atoms with Crippen molar-refractivity contribution in [3.63, 3.8) is 0 Å². The second-order valence-corrected chi connectivity index (χ2v) is 3.65. The normalized spacial score (nSPS) is 10.1. The fourth-order valence-corrected chi connectivity index (χ4v) is 1.60. The molecule has 1 heterocycles. The van der Waals surface area contributed by atoms with Gasteiger partial charge in [-0.1, -0.05) is 12.1 Å². The van der Waals surface area contributed by atoms with E-state index in [2.05, 4.69) is 15.9 Å². The van der Waals surface area contributed by atoms with Crippen LogP contribution in [0.25, 0.3) is 11.1 Å². The number of halogens is 1. The second-order valence-electron chi connectivity index (χ2n) is 2.87. The number of methoxy groups -OCH3 is 1. The first-order chi connectivity index (χ1) is 6.79. The Morgan fingerprint density at radius 1 is 1.21 bits per heavy atom. The summed E-state index contributed by atoms with van der Waals surface area (Å²) in [6.07, 6.45) is 1.71. The zero-order valence-corrected chi connectivity index (χ0v) is 9.24. The molecule has 0 N–H and O–H groups in total. The number of ether oxygens (including phenoxy) is 1. The SMILES string of the molecule is COc1cccc(-c2coc(Br)c2)c1. The predicted molar refractivity (Wildman–Crippen MR) is 58.4 cm³/mol.